The molecule has 4 aromatic rings. The Labute approximate surface area is 152 Å². The second-order valence-corrected chi connectivity index (χ2v) is 6.53. The molecule has 0 atom stereocenters. The summed E-state index contributed by atoms with van der Waals surface area (Å²) >= 11 is 7.42. The van der Waals surface area contributed by atoms with Crippen LogP contribution in [0.3, 0.4) is 0 Å². The van der Waals surface area contributed by atoms with E-state index in [1.807, 2.05) is 60.8 Å². The van der Waals surface area contributed by atoms with Crippen molar-refractivity contribution in [2.75, 3.05) is 0 Å². The third kappa shape index (κ3) is 3.72. The number of hydrogen-bond acceptors (Lipinski definition) is 6. The van der Waals surface area contributed by atoms with Crippen LogP contribution in [0.25, 0.3) is 17.1 Å². The lowest BCUT2D eigenvalue weighted by molar-refractivity contribution is 0.466. The third-order valence-corrected chi connectivity index (χ3v) is 4.47. The molecule has 0 aliphatic carbocycles. The average Bonchev–Trinajstić information content (AvgIpc) is 3.30. The molecule has 0 bridgehead atoms. The van der Waals surface area contributed by atoms with Gasteiger partial charge in [-0.2, -0.15) is 0 Å². The number of halogens is 1. The molecule has 8 heteroatoms. The fourth-order valence-electron chi connectivity index (χ4n) is 2.21. The molecule has 4 rings (SSSR count). The van der Waals surface area contributed by atoms with Gasteiger partial charge in [0, 0.05) is 16.3 Å². The van der Waals surface area contributed by atoms with Crippen molar-refractivity contribution < 1.29 is 4.42 Å². The molecule has 0 radical (unpaired) electrons. The fraction of sp³-hybridized carbons (Fsp3) is 0.0588. The summed E-state index contributed by atoms with van der Waals surface area (Å²) in [5, 5.41) is 17.6. The quantitative estimate of drug-likeness (QED) is 0.489. The van der Waals surface area contributed by atoms with Gasteiger partial charge in [-0.3, -0.25) is 0 Å². The highest BCUT2D eigenvalue weighted by atomic mass is 35.5. The van der Waals surface area contributed by atoms with E-state index in [9.17, 15) is 0 Å². The van der Waals surface area contributed by atoms with Gasteiger partial charge in [-0.25, -0.2) is 4.68 Å². The van der Waals surface area contributed by atoms with Crippen LogP contribution >= 0.6 is 23.4 Å². The molecule has 0 saturated carbocycles. The van der Waals surface area contributed by atoms with Gasteiger partial charge in [0.25, 0.3) is 5.22 Å². The molecule has 0 fully saturated rings. The molecule has 124 valence electrons. The minimum Gasteiger partial charge on any atom is -0.411 e. The van der Waals surface area contributed by atoms with Gasteiger partial charge in [-0.15, -0.1) is 15.3 Å². The highest BCUT2D eigenvalue weighted by Gasteiger charge is 2.10. The number of thioether (sulfide) groups is 1. The summed E-state index contributed by atoms with van der Waals surface area (Å²) in [6.07, 6.45) is 1.85. The van der Waals surface area contributed by atoms with Crippen LogP contribution in [0.4, 0.5) is 0 Å². The Bertz CT molecular complexity index is 985. The van der Waals surface area contributed by atoms with E-state index in [4.69, 9.17) is 16.0 Å². The van der Waals surface area contributed by atoms with Gasteiger partial charge in [-0.05, 0) is 30.3 Å². The monoisotopic (exact) mass is 369 g/mol. The highest BCUT2D eigenvalue weighted by Crippen LogP contribution is 2.25. The van der Waals surface area contributed by atoms with Gasteiger partial charge in [0.2, 0.25) is 5.89 Å². The van der Waals surface area contributed by atoms with Crippen molar-refractivity contribution in [3.63, 3.8) is 0 Å². The van der Waals surface area contributed by atoms with Crippen LogP contribution in [-0.2, 0) is 5.75 Å². The maximum Gasteiger partial charge on any atom is 0.277 e. The Morgan fingerprint density at radius 1 is 1.00 bits per heavy atom. The summed E-state index contributed by atoms with van der Waals surface area (Å²) in [5.41, 5.74) is 2.57. The van der Waals surface area contributed by atoms with Crippen molar-refractivity contribution >= 4 is 23.4 Å². The van der Waals surface area contributed by atoms with Crippen LogP contribution in [0.5, 0.6) is 0 Å². The van der Waals surface area contributed by atoms with Gasteiger partial charge >= 0.3 is 0 Å². The summed E-state index contributed by atoms with van der Waals surface area (Å²) in [6, 6.07) is 17.1. The van der Waals surface area contributed by atoms with Gasteiger partial charge < -0.3 is 4.42 Å². The van der Waals surface area contributed by atoms with Crippen molar-refractivity contribution in [2.45, 2.75) is 11.0 Å². The van der Waals surface area contributed by atoms with Gasteiger partial charge in [0.1, 0.15) is 0 Å². The van der Waals surface area contributed by atoms with E-state index in [-0.39, 0.29) is 0 Å². The third-order valence-electron chi connectivity index (χ3n) is 3.38. The van der Waals surface area contributed by atoms with E-state index >= 15 is 0 Å². The first-order valence-electron chi connectivity index (χ1n) is 7.47. The van der Waals surface area contributed by atoms with E-state index in [1.165, 1.54) is 11.8 Å². The topological polar surface area (TPSA) is 69.6 Å². The van der Waals surface area contributed by atoms with E-state index < -0.39 is 0 Å². The number of rotatable bonds is 5. The second kappa shape index (κ2) is 7.08. The zero-order chi connectivity index (χ0) is 17.1. The average molecular weight is 370 g/mol. The predicted molar refractivity (Wildman–Crippen MR) is 95.7 cm³/mol. The Balaban J connectivity index is 1.43. The lowest BCUT2D eigenvalue weighted by Gasteiger charge is -1.99. The first-order chi connectivity index (χ1) is 12.3. The van der Waals surface area contributed by atoms with Crippen molar-refractivity contribution in [3.05, 3.63) is 71.5 Å². The Kier molecular flexibility index (Phi) is 4.49. The van der Waals surface area contributed by atoms with Crippen LogP contribution in [0.1, 0.15) is 5.69 Å². The largest absolute Gasteiger partial charge is 0.411 e. The Morgan fingerprint density at radius 2 is 1.88 bits per heavy atom. The fourth-order valence-corrected chi connectivity index (χ4v) is 3.04. The van der Waals surface area contributed by atoms with Crippen LogP contribution in [-0.4, -0.2) is 25.2 Å². The van der Waals surface area contributed by atoms with E-state index in [2.05, 4.69) is 20.5 Å². The van der Waals surface area contributed by atoms with Crippen molar-refractivity contribution in [3.8, 4) is 17.1 Å². The minimum absolute atomic E-state index is 0.496. The molecule has 2 heterocycles. The highest BCUT2D eigenvalue weighted by molar-refractivity contribution is 7.98. The SMILES string of the molecule is Clc1cccc(-n2cc(CSc3nnc(-c4ccccc4)o3)nn2)c1. The van der Waals surface area contributed by atoms with E-state index in [1.54, 1.807) is 4.68 Å². The van der Waals surface area contributed by atoms with Crippen LogP contribution < -0.4 is 0 Å². The first kappa shape index (κ1) is 15.9. The summed E-state index contributed by atoms with van der Waals surface area (Å²) in [7, 11) is 0. The molecule has 0 aliphatic rings. The van der Waals surface area contributed by atoms with Gasteiger partial charge in [-0.1, -0.05) is 52.8 Å². The van der Waals surface area contributed by atoms with Crippen molar-refractivity contribution in [1.82, 2.24) is 25.2 Å². The van der Waals surface area contributed by atoms with Crippen molar-refractivity contribution in [2.24, 2.45) is 0 Å². The lowest BCUT2D eigenvalue weighted by Crippen LogP contribution is -1.93. The Hall–Kier alpha value is -2.64. The molecule has 0 aliphatic heterocycles. The normalized spacial score (nSPS) is 10.9. The molecular formula is C17H12ClN5OS. The number of benzene rings is 2. The van der Waals surface area contributed by atoms with E-state index in [0.29, 0.717) is 21.9 Å². The summed E-state index contributed by atoms with van der Waals surface area (Å²) in [6.45, 7) is 0. The molecule has 0 N–H and O–H groups in total. The van der Waals surface area contributed by atoms with Gasteiger partial charge in [0.05, 0.1) is 17.6 Å². The van der Waals surface area contributed by atoms with Crippen LogP contribution in [0.2, 0.25) is 5.02 Å². The molecule has 0 amide bonds. The van der Waals surface area contributed by atoms with Crippen LogP contribution in [0.15, 0.2) is 70.4 Å². The standard InChI is InChI=1S/C17H12ClN5OS/c18-13-7-4-8-15(9-13)23-10-14(19-22-23)11-25-17-21-20-16(24-17)12-5-2-1-3-6-12/h1-10H,11H2. The lowest BCUT2D eigenvalue weighted by atomic mass is 10.2. The molecule has 2 aromatic heterocycles. The zero-order valence-corrected chi connectivity index (χ0v) is 14.5. The summed E-state index contributed by atoms with van der Waals surface area (Å²) in [4.78, 5) is 0. The number of hydrogen-bond donors (Lipinski definition) is 0. The second-order valence-electron chi connectivity index (χ2n) is 5.16. The molecule has 0 spiro atoms. The molecule has 0 unspecified atom stereocenters. The summed E-state index contributed by atoms with van der Waals surface area (Å²) in [5.74, 6) is 1.09. The van der Waals surface area contributed by atoms with Crippen molar-refractivity contribution in [1.29, 1.82) is 0 Å². The number of nitrogens with zero attached hydrogens (tertiary/aromatic N) is 5. The predicted octanol–water partition coefficient (Wildman–Crippen LogP) is 4.26. The number of aromatic nitrogens is 5. The summed E-state index contributed by atoms with van der Waals surface area (Å²) < 4.78 is 7.35. The molecule has 2 aromatic carbocycles. The first-order valence-corrected chi connectivity index (χ1v) is 8.83. The zero-order valence-electron chi connectivity index (χ0n) is 12.9. The minimum atomic E-state index is 0.496. The molecular weight excluding hydrogens is 358 g/mol. The smallest absolute Gasteiger partial charge is 0.277 e. The molecule has 25 heavy (non-hydrogen) atoms. The maximum atomic E-state index is 6.00. The van der Waals surface area contributed by atoms with Crippen LogP contribution in [0, 0.1) is 0 Å². The van der Waals surface area contributed by atoms with E-state index in [0.717, 1.165) is 16.9 Å². The Morgan fingerprint density at radius 3 is 2.72 bits per heavy atom. The van der Waals surface area contributed by atoms with Gasteiger partial charge in [0.15, 0.2) is 0 Å². The molecule has 6 nitrogen and oxygen atoms in total. The molecule has 0 saturated heterocycles. The maximum absolute atomic E-state index is 6.00.